The topological polar surface area (TPSA) is 78.5 Å². The second kappa shape index (κ2) is 8.80. The van der Waals surface area contributed by atoms with Gasteiger partial charge >= 0.3 is 0 Å². The molecule has 0 aliphatic heterocycles. The molecule has 0 heterocycles. The Kier molecular flexibility index (Phi) is 6.39. The standard InChI is InChI=1S/C22H27N3O3S/c1-3-15-25(2)29(27,28)20-11-9-19(10-12-20)23-16-21(26)24-17-22(13-14-22)18-7-5-4-6-8-18/h3-12,23H,1,13-17H2,2H3,(H,24,26). The predicted octanol–water partition coefficient (Wildman–Crippen LogP) is 2.75. The summed E-state index contributed by atoms with van der Waals surface area (Å²) in [4.78, 5) is 12.4. The maximum atomic E-state index is 12.4. The Morgan fingerprint density at radius 2 is 1.79 bits per heavy atom. The number of nitrogens with zero attached hydrogens (tertiary/aromatic N) is 1. The summed E-state index contributed by atoms with van der Waals surface area (Å²) in [6.45, 7) is 4.56. The minimum absolute atomic E-state index is 0.0738. The molecular weight excluding hydrogens is 386 g/mol. The van der Waals surface area contributed by atoms with Crippen LogP contribution in [0.2, 0.25) is 0 Å². The first-order chi connectivity index (χ1) is 13.9. The van der Waals surface area contributed by atoms with Gasteiger partial charge in [0.05, 0.1) is 11.4 Å². The van der Waals surface area contributed by atoms with E-state index in [4.69, 9.17) is 0 Å². The average molecular weight is 414 g/mol. The van der Waals surface area contributed by atoms with Gasteiger partial charge in [-0.05, 0) is 42.7 Å². The molecule has 0 bridgehead atoms. The molecule has 0 spiro atoms. The van der Waals surface area contributed by atoms with Gasteiger partial charge in [-0.25, -0.2) is 8.42 Å². The normalized spacial score (nSPS) is 15.0. The molecule has 154 valence electrons. The monoisotopic (exact) mass is 413 g/mol. The van der Waals surface area contributed by atoms with Crippen molar-refractivity contribution in [2.75, 3.05) is 32.0 Å². The van der Waals surface area contributed by atoms with E-state index in [0.29, 0.717) is 12.2 Å². The lowest BCUT2D eigenvalue weighted by Gasteiger charge is -2.17. The molecule has 6 nitrogen and oxygen atoms in total. The van der Waals surface area contributed by atoms with Crippen molar-refractivity contribution in [3.63, 3.8) is 0 Å². The SMILES string of the molecule is C=CCN(C)S(=O)(=O)c1ccc(NCC(=O)NCC2(c3ccccc3)CC2)cc1. The lowest BCUT2D eigenvalue weighted by atomic mass is 9.96. The van der Waals surface area contributed by atoms with E-state index in [1.807, 2.05) is 18.2 Å². The van der Waals surface area contributed by atoms with Crippen molar-refractivity contribution in [2.45, 2.75) is 23.2 Å². The minimum atomic E-state index is -3.54. The van der Waals surface area contributed by atoms with Crippen molar-refractivity contribution in [3.05, 3.63) is 72.8 Å². The molecule has 1 saturated carbocycles. The zero-order chi connectivity index (χ0) is 20.9. The summed E-state index contributed by atoms with van der Waals surface area (Å²) in [6, 6.07) is 16.7. The van der Waals surface area contributed by atoms with E-state index in [1.54, 1.807) is 12.1 Å². The number of benzene rings is 2. The molecule has 0 atom stereocenters. The Bertz CT molecular complexity index is 953. The molecule has 7 heteroatoms. The highest BCUT2D eigenvalue weighted by atomic mass is 32.2. The van der Waals surface area contributed by atoms with Crippen molar-refractivity contribution in [3.8, 4) is 0 Å². The predicted molar refractivity (Wildman–Crippen MR) is 115 cm³/mol. The van der Waals surface area contributed by atoms with E-state index in [9.17, 15) is 13.2 Å². The van der Waals surface area contributed by atoms with Crippen LogP contribution in [0.4, 0.5) is 5.69 Å². The average Bonchev–Trinajstić information content (AvgIpc) is 3.53. The van der Waals surface area contributed by atoms with E-state index < -0.39 is 10.0 Å². The molecule has 29 heavy (non-hydrogen) atoms. The second-order valence-electron chi connectivity index (χ2n) is 7.38. The molecule has 2 aromatic rings. The molecular formula is C22H27N3O3S. The fraction of sp³-hybridized carbons (Fsp3) is 0.318. The van der Waals surface area contributed by atoms with Crippen LogP contribution in [-0.4, -0.2) is 45.3 Å². The maximum Gasteiger partial charge on any atom is 0.243 e. The van der Waals surface area contributed by atoms with Gasteiger partial charge in [-0.2, -0.15) is 4.31 Å². The van der Waals surface area contributed by atoms with E-state index in [0.717, 1.165) is 12.8 Å². The molecule has 0 unspecified atom stereocenters. The van der Waals surface area contributed by atoms with Gasteiger partial charge in [-0.1, -0.05) is 36.4 Å². The number of hydrogen-bond acceptors (Lipinski definition) is 4. The molecule has 0 radical (unpaired) electrons. The number of sulfonamides is 1. The van der Waals surface area contributed by atoms with Gasteiger partial charge < -0.3 is 10.6 Å². The van der Waals surface area contributed by atoms with Crippen molar-refractivity contribution in [2.24, 2.45) is 0 Å². The Balaban J connectivity index is 1.50. The fourth-order valence-electron chi connectivity index (χ4n) is 3.23. The maximum absolute atomic E-state index is 12.4. The first-order valence-corrected chi connectivity index (χ1v) is 11.0. The van der Waals surface area contributed by atoms with Crippen molar-refractivity contribution >= 4 is 21.6 Å². The highest BCUT2D eigenvalue weighted by molar-refractivity contribution is 7.89. The Hall–Kier alpha value is -2.64. The summed E-state index contributed by atoms with van der Waals surface area (Å²) >= 11 is 0. The highest BCUT2D eigenvalue weighted by Gasteiger charge is 2.44. The van der Waals surface area contributed by atoms with Crippen LogP contribution in [0.3, 0.4) is 0 Å². The van der Waals surface area contributed by atoms with E-state index in [-0.39, 0.29) is 29.3 Å². The van der Waals surface area contributed by atoms with Crippen LogP contribution in [0, 0.1) is 0 Å². The zero-order valence-electron chi connectivity index (χ0n) is 16.6. The van der Waals surface area contributed by atoms with Gasteiger partial charge in [-0.15, -0.1) is 6.58 Å². The number of rotatable bonds is 10. The second-order valence-corrected chi connectivity index (χ2v) is 9.42. The first-order valence-electron chi connectivity index (χ1n) is 9.61. The summed E-state index contributed by atoms with van der Waals surface area (Å²) in [5.41, 5.74) is 2.03. The molecule has 3 rings (SSSR count). The molecule has 2 N–H and O–H groups in total. The van der Waals surface area contributed by atoms with Crippen molar-refractivity contribution in [1.82, 2.24) is 9.62 Å². The summed E-state index contributed by atoms with van der Waals surface area (Å²) in [6.07, 6.45) is 3.71. The fourth-order valence-corrected chi connectivity index (χ4v) is 4.37. The Labute approximate surface area is 172 Å². The van der Waals surface area contributed by atoms with Crippen molar-refractivity contribution in [1.29, 1.82) is 0 Å². The lowest BCUT2D eigenvalue weighted by molar-refractivity contribution is -0.119. The summed E-state index contributed by atoms with van der Waals surface area (Å²) in [7, 11) is -2.03. The molecule has 1 aliphatic carbocycles. The van der Waals surface area contributed by atoms with Gasteiger partial charge in [0.15, 0.2) is 0 Å². The number of nitrogens with one attached hydrogen (secondary N) is 2. The van der Waals surface area contributed by atoms with Crippen LogP contribution in [0.5, 0.6) is 0 Å². The van der Waals surface area contributed by atoms with E-state index >= 15 is 0 Å². The Morgan fingerprint density at radius 3 is 2.38 bits per heavy atom. The molecule has 0 saturated heterocycles. The van der Waals surface area contributed by atoms with Crippen molar-refractivity contribution < 1.29 is 13.2 Å². The lowest BCUT2D eigenvalue weighted by Crippen LogP contribution is -2.35. The van der Waals surface area contributed by atoms with Gasteiger partial charge in [0.2, 0.25) is 15.9 Å². The first kappa shape index (κ1) is 21.1. The number of carbonyl (C=O) groups is 1. The largest absolute Gasteiger partial charge is 0.376 e. The molecule has 1 amide bonds. The summed E-state index contributed by atoms with van der Waals surface area (Å²) in [5, 5.41) is 6.04. The molecule has 1 aliphatic rings. The van der Waals surface area contributed by atoms with Crippen LogP contribution in [0.1, 0.15) is 18.4 Å². The van der Waals surface area contributed by atoms with E-state index in [2.05, 4.69) is 29.3 Å². The third kappa shape index (κ3) is 5.05. The van der Waals surface area contributed by atoms with Gasteiger partial charge in [0.1, 0.15) is 0 Å². The van der Waals surface area contributed by atoms with Crippen LogP contribution in [0.15, 0.2) is 72.1 Å². The highest BCUT2D eigenvalue weighted by Crippen LogP contribution is 2.47. The number of carbonyl (C=O) groups excluding carboxylic acids is 1. The number of hydrogen-bond donors (Lipinski definition) is 2. The minimum Gasteiger partial charge on any atom is -0.376 e. The third-order valence-electron chi connectivity index (χ3n) is 5.27. The number of amides is 1. The Morgan fingerprint density at radius 1 is 1.14 bits per heavy atom. The zero-order valence-corrected chi connectivity index (χ0v) is 17.4. The third-order valence-corrected chi connectivity index (χ3v) is 7.10. The smallest absolute Gasteiger partial charge is 0.243 e. The van der Waals surface area contributed by atoms with Crippen LogP contribution in [0.25, 0.3) is 0 Å². The van der Waals surface area contributed by atoms with Gasteiger partial charge in [0, 0.05) is 31.2 Å². The van der Waals surface area contributed by atoms with E-state index in [1.165, 1.54) is 35.1 Å². The van der Waals surface area contributed by atoms with Gasteiger partial charge in [-0.3, -0.25) is 4.79 Å². The summed E-state index contributed by atoms with van der Waals surface area (Å²) in [5.74, 6) is -0.0883. The van der Waals surface area contributed by atoms with Crippen LogP contribution in [-0.2, 0) is 20.2 Å². The van der Waals surface area contributed by atoms with Crippen LogP contribution >= 0.6 is 0 Å². The number of likely N-dealkylation sites (N-methyl/N-ethyl adjacent to an activating group) is 1. The quantitative estimate of drug-likeness (QED) is 0.587. The summed E-state index contributed by atoms with van der Waals surface area (Å²) < 4.78 is 26.0. The molecule has 1 fully saturated rings. The van der Waals surface area contributed by atoms with Gasteiger partial charge in [0.25, 0.3) is 0 Å². The molecule has 0 aromatic heterocycles. The molecule has 2 aromatic carbocycles. The van der Waals surface area contributed by atoms with Crippen LogP contribution < -0.4 is 10.6 Å². The number of anilines is 1.